The molecule has 1 spiro atoms. The molecule has 5 nitrogen and oxygen atoms in total. The molecule has 1 amide bonds. The number of rotatable bonds is 5. The Labute approximate surface area is 198 Å². The Kier molecular flexibility index (Phi) is 6.68. The van der Waals surface area contributed by atoms with Gasteiger partial charge < -0.3 is 14.4 Å². The molecule has 0 unspecified atom stereocenters. The first-order valence-corrected chi connectivity index (χ1v) is 11.7. The standard InChI is InChI=1S/C25H27Cl2NO4/c1-16-12-17(2)24-19(13-16)21(29)15-25(32-24)7-9-28(10-8-25)23(30)4-3-11-31-22-6-5-18(26)14-20(22)27/h5-6,12-14H,3-4,7-11,15H2,1-2H3. The normalized spacial score (nSPS) is 17.1. The van der Waals surface area contributed by atoms with Crippen LogP contribution in [0.5, 0.6) is 11.5 Å². The minimum atomic E-state index is -0.505. The Morgan fingerprint density at radius 1 is 1.16 bits per heavy atom. The maximum Gasteiger partial charge on any atom is 0.222 e. The molecule has 2 aromatic carbocycles. The van der Waals surface area contributed by atoms with Crippen LogP contribution >= 0.6 is 23.2 Å². The highest BCUT2D eigenvalue weighted by molar-refractivity contribution is 6.35. The fourth-order valence-electron chi connectivity index (χ4n) is 4.54. The Morgan fingerprint density at radius 3 is 2.62 bits per heavy atom. The van der Waals surface area contributed by atoms with E-state index in [4.69, 9.17) is 32.7 Å². The second-order valence-corrected chi connectivity index (χ2v) is 9.59. The zero-order chi connectivity index (χ0) is 22.9. The van der Waals surface area contributed by atoms with Crippen LogP contribution in [0.2, 0.25) is 10.0 Å². The summed E-state index contributed by atoms with van der Waals surface area (Å²) in [6, 6.07) is 9.03. The summed E-state index contributed by atoms with van der Waals surface area (Å²) in [5.74, 6) is 1.51. The van der Waals surface area contributed by atoms with Crippen molar-refractivity contribution < 1.29 is 19.1 Å². The quantitative estimate of drug-likeness (QED) is 0.513. The molecule has 2 heterocycles. The lowest BCUT2D eigenvalue weighted by molar-refractivity contribution is -0.135. The van der Waals surface area contributed by atoms with E-state index in [1.165, 1.54) is 0 Å². The second kappa shape index (κ2) is 9.32. The van der Waals surface area contributed by atoms with Crippen molar-refractivity contribution in [2.75, 3.05) is 19.7 Å². The third-order valence-corrected chi connectivity index (χ3v) is 6.76. The molecule has 0 N–H and O–H groups in total. The number of nitrogens with zero attached hydrogens (tertiary/aromatic N) is 1. The number of hydrogen-bond donors (Lipinski definition) is 0. The number of fused-ring (bicyclic) bond motifs is 1. The van der Waals surface area contributed by atoms with Crippen molar-refractivity contribution in [2.24, 2.45) is 0 Å². The van der Waals surface area contributed by atoms with Crippen LogP contribution in [-0.4, -0.2) is 41.9 Å². The predicted molar refractivity (Wildman–Crippen MR) is 125 cm³/mol. The van der Waals surface area contributed by atoms with E-state index in [-0.39, 0.29) is 11.7 Å². The lowest BCUT2D eigenvalue weighted by Crippen LogP contribution is -2.52. The highest BCUT2D eigenvalue weighted by Gasteiger charge is 2.44. The number of ether oxygens (including phenoxy) is 2. The molecule has 0 aromatic heterocycles. The number of hydrogen-bond acceptors (Lipinski definition) is 4. The van der Waals surface area contributed by atoms with Gasteiger partial charge in [-0.3, -0.25) is 9.59 Å². The second-order valence-electron chi connectivity index (χ2n) is 8.75. The Bertz CT molecular complexity index is 1040. The van der Waals surface area contributed by atoms with E-state index in [9.17, 15) is 9.59 Å². The van der Waals surface area contributed by atoms with Gasteiger partial charge in [0.2, 0.25) is 5.91 Å². The third kappa shape index (κ3) is 4.89. The molecule has 32 heavy (non-hydrogen) atoms. The van der Waals surface area contributed by atoms with E-state index < -0.39 is 5.60 Å². The molecule has 2 aliphatic rings. The molecule has 7 heteroatoms. The molecule has 0 radical (unpaired) electrons. The van der Waals surface area contributed by atoms with Crippen molar-refractivity contribution in [1.29, 1.82) is 0 Å². The number of halogens is 2. The Hall–Kier alpha value is -2.24. The minimum Gasteiger partial charge on any atom is -0.492 e. The lowest BCUT2D eigenvalue weighted by atomic mass is 9.81. The van der Waals surface area contributed by atoms with Crippen LogP contribution < -0.4 is 9.47 Å². The monoisotopic (exact) mass is 475 g/mol. The van der Waals surface area contributed by atoms with Gasteiger partial charge in [0.05, 0.1) is 23.6 Å². The van der Waals surface area contributed by atoms with Crippen LogP contribution in [0.4, 0.5) is 0 Å². The van der Waals surface area contributed by atoms with E-state index >= 15 is 0 Å². The summed E-state index contributed by atoms with van der Waals surface area (Å²) in [4.78, 5) is 27.4. The first-order valence-electron chi connectivity index (χ1n) is 11.0. The van der Waals surface area contributed by atoms with Crippen LogP contribution in [0, 0.1) is 13.8 Å². The van der Waals surface area contributed by atoms with Gasteiger partial charge in [-0.2, -0.15) is 0 Å². The summed E-state index contributed by atoms with van der Waals surface area (Å²) in [6.07, 6.45) is 2.70. The first kappa shape index (κ1) is 22.9. The van der Waals surface area contributed by atoms with Gasteiger partial charge in [-0.05, 0) is 55.7 Å². The van der Waals surface area contributed by atoms with Gasteiger partial charge in [0.1, 0.15) is 17.1 Å². The van der Waals surface area contributed by atoms with Gasteiger partial charge in [0.25, 0.3) is 0 Å². The molecule has 2 aromatic rings. The maximum absolute atomic E-state index is 12.8. The SMILES string of the molecule is Cc1cc(C)c2c(c1)C(=O)CC1(CCN(C(=O)CCCOc3ccc(Cl)cc3Cl)CC1)O2. The van der Waals surface area contributed by atoms with Gasteiger partial charge in [-0.25, -0.2) is 0 Å². The van der Waals surface area contributed by atoms with Gasteiger partial charge in [-0.15, -0.1) is 0 Å². The maximum atomic E-state index is 12.8. The third-order valence-electron chi connectivity index (χ3n) is 6.23. The van der Waals surface area contributed by atoms with Crippen LogP contribution in [0.15, 0.2) is 30.3 Å². The Morgan fingerprint density at radius 2 is 1.91 bits per heavy atom. The van der Waals surface area contributed by atoms with Gasteiger partial charge in [0.15, 0.2) is 5.78 Å². The lowest BCUT2D eigenvalue weighted by Gasteiger charge is -2.44. The fraction of sp³-hybridized carbons (Fsp3) is 0.440. The molecule has 0 aliphatic carbocycles. The number of ketones is 1. The molecular formula is C25H27Cl2NO4. The van der Waals surface area contributed by atoms with Crippen molar-refractivity contribution in [2.45, 2.75) is 51.6 Å². The van der Waals surface area contributed by atoms with E-state index in [0.717, 1.165) is 11.1 Å². The van der Waals surface area contributed by atoms with E-state index in [1.54, 1.807) is 18.2 Å². The van der Waals surface area contributed by atoms with Crippen molar-refractivity contribution in [3.63, 3.8) is 0 Å². The van der Waals surface area contributed by atoms with E-state index in [0.29, 0.717) is 78.9 Å². The van der Waals surface area contributed by atoms with Gasteiger partial charge in [0, 0.05) is 37.4 Å². The molecule has 1 saturated heterocycles. The van der Waals surface area contributed by atoms with Crippen molar-refractivity contribution >= 4 is 34.9 Å². The molecule has 170 valence electrons. The van der Waals surface area contributed by atoms with Crippen molar-refractivity contribution in [3.8, 4) is 11.5 Å². The summed E-state index contributed by atoms with van der Waals surface area (Å²) in [6.45, 7) is 5.56. The fourth-order valence-corrected chi connectivity index (χ4v) is 5.00. The van der Waals surface area contributed by atoms with E-state index in [2.05, 4.69) is 0 Å². The van der Waals surface area contributed by atoms with E-state index in [1.807, 2.05) is 30.9 Å². The van der Waals surface area contributed by atoms with Crippen LogP contribution in [0.3, 0.4) is 0 Å². The summed E-state index contributed by atoms with van der Waals surface area (Å²) < 4.78 is 12.1. The average Bonchev–Trinajstić information content (AvgIpc) is 2.74. The number of carbonyl (C=O) groups excluding carboxylic acids is 2. The van der Waals surface area contributed by atoms with Crippen LogP contribution in [0.1, 0.15) is 53.6 Å². The Balaban J connectivity index is 1.28. The largest absolute Gasteiger partial charge is 0.492 e. The highest BCUT2D eigenvalue weighted by atomic mass is 35.5. The number of aryl methyl sites for hydroxylation is 2. The molecule has 0 saturated carbocycles. The summed E-state index contributed by atoms with van der Waals surface area (Å²) in [5, 5.41) is 1.01. The molecular weight excluding hydrogens is 449 g/mol. The summed E-state index contributed by atoms with van der Waals surface area (Å²) >= 11 is 12.0. The number of piperidine rings is 1. The number of amides is 1. The molecule has 0 atom stereocenters. The molecule has 1 fully saturated rings. The molecule has 4 rings (SSSR count). The zero-order valence-electron chi connectivity index (χ0n) is 18.4. The van der Waals surface area contributed by atoms with Crippen LogP contribution in [0.25, 0.3) is 0 Å². The zero-order valence-corrected chi connectivity index (χ0v) is 19.9. The van der Waals surface area contributed by atoms with Crippen molar-refractivity contribution in [1.82, 2.24) is 4.90 Å². The number of Topliss-reactive ketones (excluding diaryl/α,β-unsaturated/α-hetero) is 1. The summed E-state index contributed by atoms with van der Waals surface area (Å²) in [5.41, 5.74) is 2.24. The van der Waals surface area contributed by atoms with Crippen molar-refractivity contribution in [3.05, 3.63) is 57.1 Å². The first-order chi connectivity index (χ1) is 15.3. The number of benzene rings is 2. The highest BCUT2D eigenvalue weighted by Crippen LogP contribution is 2.41. The summed E-state index contributed by atoms with van der Waals surface area (Å²) in [7, 11) is 0. The topological polar surface area (TPSA) is 55.8 Å². The number of likely N-dealkylation sites (tertiary alicyclic amines) is 1. The van der Waals surface area contributed by atoms with Crippen LogP contribution in [-0.2, 0) is 4.79 Å². The minimum absolute atomic E-state index is 0.0972. The molecule has 0 bridgehead atoms. The average molecular weight is 476 g/mol. The number of carbonyl (C=O) groups is 2. The smallest absolute Gasteiger partial charge is 0.222 e. The van der Waals surface area contributed by atoms with Gasteiger partial charge >= 0.3 is 0 Å². The van der Waals surface area contributed by atoms with Gasteiger partial charge in [-0.1, -0.05) is 29.3 Å². The predicted octanol–water partition coefficient (Wildman–Crippen LogP) is 5.80. The molecule has 2 aliphatic heterocycles.